The molecule has 4 heterocycles. The Kier molecular flexibility index (Phi) is 8.97. The SMILES string of the molecule is C=C(F)C(=O)N1CCN(c2nc(OCC3CCCN3C)nc3c(=O)n(-c4cccc5cccc(Cl)c45)c(C(F)(F)F)nc23)C[C@@H]1CC#N. The zero-order valence-electron chi connectivity index (χ0n) is 25.7. The standard InChI is InChI=1S/C32H29ClF4N8O3/c1-18(34)28(46)44-15-14-43(16-20(44)11-12-38)27-25-26(40-31(41-27)48-17-21-8-5-13-42(21)2)29(47)45(30(39-25)32(35,36)37)23-10-4-7-19-6-3-9-22(33)24(19)23/h3-4,6-7,9-10,20-21H,1,5,8,11,13-17H2,2H3/t20-,21?/m0/s1. The van der Waals surface area contributed by atoms with Gasteiger partial charge in [0, 0.05) is 31.1 Å². The largest absolute Gasteiger partial charge is 0.462 e. The number of carbonyl (C=O) groups excluding carboxylic acids is 1. The molecule has 2 aromatic carbocycles. The van der Waals surface area contributed by atoms with Crippen LogP contribution < -0.4 is 15.2 Å². The Bertz CT molecular complexity index is 2030. The summed E-state index contributed by atoms with van der Waals surface area (Å²) in [6, 6.07) is 10.2. The van der Waals surface area contributed by atoms with Crippen LogP contribution in [0.25, 0.3) is 27.5 Å². The van der Waals surface area contributed by atoms with Gasteiger partial charge in [-0.25, -0.2) is 9.37 Å². The first-order valence-electron chi connectivity index (χ1n) is 15.1. The fourth-order valence-electron chi connectivity index (χ4n) is 6.31. The minimum Gasteiger partial charge on any atom is -0.462 e. The molecule has 48 heavy (non-hydrogen) atoms. The summed E-state index contributed by atoms with van der Waals surface area (Å²) in [5.74, 6) is -3.90. The van der Waals surface area contributed by atoms with Crippen LogP contribution in [0.4, 0.5) is 23.4 Å². The molecule has 1 amide bonds. The number of aromatic nitrogens is 4. The second-order valence-electron chi connectivity index (χ2n) is 11.7. The van der Waals surface area contributed by atoms with Gasteiger partial charge >= 0.3 is 12.2 Å². The summed E-state index contributed by atoms with van der Waals surface area (Å²) in [5, 5.41) is 10.3. The molecule has 250 valence electrons. The van der Waals surface area contributed by atoms with Gasteiger partial charge < -0.3 is 19.4 Å². The van der Waals surface area contributed by atoms with Crippen LogP contribution in [-0.4, -0.2) is 87.1 Å². The molecule has 11 nitrogen and oxygen atoms in total. The average molecular weight is 685 g/mol. The third-order valence-corrected chi connectivity index (χ3v) is 9.00. The topological polar surface area (TPSA) is 120 Å². The molecule has 2 aromatic heterocycles. The van der Waals surface area contributed by atoms with Crippen molar-refractivity contribution in [3.8, 4) is 17.8 Å². The number of ether oxygens (including phenoxy) is 1. The van der Waals surface area contributed by atoms with Crippen molar-refractivity contribution in [2.75, 3.05) is 44.7 Å². The van der Waals surface area contributed by atoms with E-state index < -0.39 is 46.4 Å². The Balaban J connectivity index is 1.57. The molecule has 16 heteroatoms. The van der Waals surface area contributed by atoms with Crippen molar-refractivity contribution in [2.24, 2.45) is 0 Å². The number of likely N-dealkylation sites (tertiary alicyclic amines) is 1. The molecule has 0 spiro atoms. The van der Waals surface area contributed by atoms with Gasteiger partial charge in [-0.3, -0.25) is 14.2 Å². The molecular formula is C32H29ClF4N8O3. The van der Waals surface area contributed by atoms with Gasteiger partial charge in [-0.15, -0.1) is 0 Å². The molecule has 2 aliphatic rings. The van der Waals surface area contributed by atoms with Crippen LogP contribution in [0.5, 0.6) is 6.01 Å². The Hall–Kier alpha value is -4.81. The summed E-state index contributed by atoms with van der Waals surface area (Å²) in [6.07, 6.45) is -3.54. The van der Waals surface area contributed by atoms with E-state index >= 15 is 0 Å². The molecular weight excluding hydrogens is 656 g/mol. The monoisotopic (exact) mass is 684 g/mol. The van der Waals surface area contributed by atoms with Crippen LogP contribution >= 0.6 is 11.6 Å². The molecule has 1 unspecified atom stereocenters. The van der Waals surface area contributed by atoms with E-state index in [1.165, 1.54) is 23.1 Å². The lowest BCUT2D eigenvalue weighted by Gasteiger charge is -2.41. The van der Waals surface area contributed by atoms with Crippen molar-refractivity contribution in [1.82, 2.24) is 29.3 Å². The maximum Gasteiger partial charge on any atom is 0.450 e. The van der Waals surface area contributed by atoms with Crippen molar-refractivity contribution < 1.29 is 27.1 Å². The zero-order chi connectivity index (χ0) is 34.3. The Morgan fingerprint density at radius 2 is 1.85 bits per heavy atom. The number of fused-ring (bicyclic) bond motifs is 2. The number of hydrogen-bond acceptors (Lipinski definition) is 9. The highest BCUT2D eigenvalue weighted by atomic mass is 35.5. The van der Waals surface area contributed by atoms with E-state index in [1.807, 2.05) is 13.1 Å². The maximum absolute atomic E-state index is 14.8. The quantitative estimate of drug-likeness (QED) is 0.198. The van der Waals surface area contributed by atoms with Gasteiger partial charge in [0.15, 0.2) is 17.2 Å². The van der Waals surface area contributed by atoms with E-state index in [9.17, 15) is 32.4 Å². The summed E-state index contributed by atoms with van der Waals surface area (Å²) < 4.78 is 64.8. The molecule has 4 aromatic rings. The Morgan fingerprint density at radius 3 is 2.52 bits per heavy atom. The normalized spacial score (nSPS) is 18.8. The van der Waals surface area contributed by atoms with Crippen LogP contribution in [0, 0.1) is 11.3 Å². The Morgan fingerprint density at radius 1 is 1.10 bits per heavy atom. The molecule has 0 saturated carbocycles. The minimum atomic E-state index is -5.12. The molecule has 6 rings (SSSR count). The molecule has 2 atom stereocenters. The second-order valence-corrected chi connectivity index (χ2v) is 12.1. The number of carbonyl (C=O) groups is 1. The van der Waals surface area contributed by atoms with Gasteiger partial charge in [0.2, 0.25) is 5.82 Å². The summed E-state index contributed by atoms with van der Waals surface area (Å²) >= 11 is 6.46. The number of amides is 1. The molecule has 0 N–H and O–H groups in total. The number of piperazine rings is 1. The van der Waals surface area contributed by atoms with Crippen molar-refractivity contribution in [1.29, 1.82) is 5.26 Å². The molecule has 2 saturated heterocycles. The van der Waals surface area contributed by atoms with Gasteiger partial charge in [-0.05, 0) is 44.0 Å². The first-order valence-corrected chi connectivity index (χ1v) is 15.5. The van der Waals surface area contributed by atoms with E-state index in [0.29, 0.717) is 9.95 Å². The van der Waals surface area contributed by atoms with Crippen molar-refractivity contribution in [3.63, 3.8) is 0 Å². The van der Waals surface area contributed by atoms with Crippen LogP contribution in [0.2, 0.25) is 5.02 Å². The number of likely N-dealkylation sites (N-methyl/N-ethyl adjacent to an activating group) is 1. The van der Waals surface area contributed by atoms with E-state index in [4.69, 9.17) is 16.3 Å². The zero-order valence-corrected chi connectivity index (χ0v) is 26.4. The van der Waals surface area contributed by atoms with E-state index in [-0.39, 0.29) is 66.6 Å². The van der Waals surface area contributed by atoms with Gasteiger partial charge in [-0.1, -0.05) is 42.4 Å². The van der Waals surface area contributed by atoms with Crippen LogP contribution in [0.1, 0.15) is 25.1 Å². The minimum absolute atomic E-state index is 0.0244. The predicted octanol–water partition coefficient (Wildman–Crippen LogP) is 4.89. The molecule has 0 bridgehead atoms. The first-order chi connectivity index (χ1) is 22.9. The summed E-state index contributed by atoms with van der Waals surface area (Å²) in [7, 11) is 1.94. The first kappa shape index (κ1) is 33.1. The lowest BCUT2D eigenvalue weighted by atomic mass is 10.1. The second kappa shape index (κ2) is 13.0. The lowest BCUT2D eigenvalue weighted by Crippen LogP contribution is -2.55. The van der Waals surface area contributed by atoms with Crippen molar-refractivity contribution in [2.45, 2.75) is 37.5 Å². The lowest BCUT2D eigenvalue weighted by molar-refractivity contribution is -0.146. The average Bonchev–Trinajstić information content (AvgIpc) is 3.47. The van der Waals surface area contributed by atoms with Crippen molar-refractivity contribution in [3.05, 3.63) is 70.0 Å². The molecule has 0 aliphatic carbocycles. The van der Waals surface area contributed by atoms with E-state index in [1.54, 1.807) is 18.2 Å². The number of anilines is 1. The molecule has 2 fully saturated rings. The third kappa shape index (κ3) is 6.13. The smallest absolute Gasteiger partial charge is 0.450 e. The summed E-state index contributed by atoms with van der Waals surface area (Å²) in [6.45, 7) is 3.79. The highest BCUT2D eigenvalue weighted by Crippen LogP contribution is 2.36. The number of rotatable bonds is 7. The van der Waals surface area contributed by atoms with Gasteiger partial charge in [0.1, 0.15) is 12.1 Å². The summed E-state index contributed by atoms with van der Waals surface area (Å²) in [5.41, 5.74) is -2.18. The fraction of sp³-hybridized carbons (Fsp3) is 0.375. The maximum atomic E-state index is 14.8. The fourth-order valence-corrected chi connectivity index (χ4v) is 6.58. The highest BCUT2D eigenvalue weighted by Gasteiger charge is 2.40. The predicted molar refractivity (Wildman–Crippen MR) is 170 cm³/mol. The number of halogens is 5. The van der Waals surface area contributed by atoms with Crippen LogP contribution in [-0.2, 0) is 11.0 Å². The van der Waals surface area contributed by atoms with Crippen molar-refractivity contribution >= 4 is 45.1 Å². The van der Waals surface area contributed by atoms with Gasteiger partial charge in [0.05, 0.1) is 29.2 Å². The van der Waals surface area contributed by atoms with Crippen LogP contribution in [0.3, 0.4) is 0 Å². The van der Waals surface area contributed by atoms with E-state index in [2.05, 4.69) is 26.4 Å². The molecule has 0 radical (unpaired) electrons. The van der Waals surface area contributed by atoms with Gasteiger partial charge in [0.25, 0.3) is 11.5 Å². The molecule has 2 aliphatic heterocycles. The number of hydrogen-bond donors (Lipinski definition) is 0. The highest BCUT2D eigenvalue weighted by molar-refractivity contribution is 6.36. The van der Waals surface area contributed by atoms with Gasteiger partial charge in [-0.2, -0.15) is 28.4 Å². The number of alkyl halides is 3. The number of benzene rings is 2. The number of nitrogens with zero attached hydrogens (tertiary/aromatic N) is 8. The Labute approximate surface area is 276 Å². The third-order valence-electron chi connectivity index (χ3n) is 8.69. The van der Waals surface area contributed by atoms with Crippen LogP contribution in [0.15, 0.2) is 53.6 Å². The van der Waals surface area contributed by atoms with E-state index in [0.717, 1.165) is 24.3 Å². The summed E-state index contributed by atoms with van der Waals surface area (Å²) in [4.78, 5) is 44.3. The number of nitriles is 1.